The van der Waals surface area contributed by atoms with Crippen molar-refractivity contribution in [3.05, 3.63) is 35.5 Å². The van der Waals surface area contributed by atoms with Crippen molar-refractivity contribution >= 4 is 5.69 Å². The summed E-state index contributed by atoms with van der Waals surface area (Å²) >= 11 is 0. The molecule has 2 aromatic rings. The number of hydrogen-bond acceptors (Lipinski definition) is 5. The monoisotopic (exact) mass is 224 g/mol. The Morgan fingerprint density at radius 3 is 2.65 bits per heavy atom. The van der Waals surface area contributed by atoms with E-state index in [2.05, 4.69) is 9.97 Å². The minimum atomic E-state index is 0.0868. The molecule has 0 saturated carbocycles. The van der Waals surface area contributed by atoms with E-state index in [-0.39, 0.29) is 11.4 Å². The molecular weight excluding hydrogens is 216 g/mol. The zero-order valence-electron chi connectivity index (χ0n) is 9.05. The number of rotatable bonds is 1. The van der Waals surface area contributed by atoms with E-state index in [1.54, 1.807) is 19.1 Å². The number of aromatic nitrogens is 3. The van der Waals surface area contributed by atoms with Crippen LogP contribution in [0.5, 0.6) is 0 Å². The highest BCUT2D eigenvalue weighted by atomic mass is 15.1. The third-order valence-corrected chi connectivity index (χ3v) is 2.34. The molecule has 82 valence electrons. The lowest BCUT2D eigenvalue weighted by Gasteiger charge is -2.05. The summed E-state index contributed by atoms with van der Waals surface area (Å²) in [6.07, 6.45) is 1.40. The van der Waals surface area contributed by atoms with Crippen LogP contribution in [0.2, 0.25) is 0 Å². The zero-order valence-corrected chi connectivity index (χ0v) is 9.05. The fraction of sp³-hybridized carbons (Fsp3) is 0.0909. The molecular formula is C11H8N6. The van der Waals surface area contributed by atoms with Gasteiger partial charge in [0, 0.05) is 0 Å². The van der Waals surface area contributed by atoms with Crippen LogP contribution >= 0.6 is 0 Å². The molecule has 6 heteroatoms. The fourth-order valence-corrected chi connectivity index (χ4v) is 1.40. The number of pyridine rings is 1. The summed E-state index contributed by atoms with van der Waals surface area (Å²) in [7, 11) is 0. The van der Waals surface area contributed by atoms with Gasteiger partial charge in [0.15, 0.2) is 11.4 Å². The average Bonchev–Trinajstić information content (AvgIpc) is 2.75. The molecule has 0 bridgehead atoms. The Bertz CT molecular complexity index is 656. The molecule has 0 atom stereocenters. The highest BCUT2D eigenvalue weighted by Crippen LogP contribution is 2.15. The van der Waals surface area contributed by atoms with Crippen molar-refractivity contribution in [2.24, 2.45) is 0 Å². The van der Waals surface area contributed by atoms with E-state index >= 15 is 0 Å². The van der Waals surface area contributed by atoms with Crippen LogP contribution in [-0.4, -0.2) is 14.5 Å². The minimum Gasteiger partial charge on any atom is -0.397 e. The lowest BCUT2D eigenvalue weighted by atomic mass is 10.3. The number of nitriles is 2. The molecule has 0 amide bonds. The van der Waals surface area contributed by atoms with Gasteiger partial charge in [0.05, 0.1) is 11.4 Å². The molecule has 0 spiro atoms. The van der Waals surface area contributed by atoms with Gasteiger partial charge in [-0.05, 0) is 19.1 Å². The van der Waals surface area contributed by atoms with E-state index in [1.807, 2.05) is 12.1 Å². The summed E-state index contributed by atoms with van der Waals surface area (Å²) < 4.78 is 1.46. The van der Waals surface area contributed by atoms with Gasteiger partial charge in [0.2, 0.25) is 0 Å². The van der Waals surface area contributed by atoms with Gasteiger partial charge in [0.1, 0.15) is 24.3 Å². The lowest BCUT2D eigenvalue weighted by molar-refractivity contribution is 0.962. The average molecular weight is 224 g/mol. The molecule has 6 nitrogen and oxygen atoms in total. The summed E-state index contributed by atoms with van der Waals surface area (Å²) in [6, 6.07) is 7.16. The Kier molecular flexibility index (Phi) is 2.48. The first-order chi connectivity index (χ1) is 8.17. The van der Waals surface area contributed by atoms with Crippen molar-refractivity contribution in [1.29, 1.82) is 10.5 Å². The fourth-order valence-electron chi connectivity index (χ4n) is 1.40. The van der Waals surface area contributed by atoms with Gasteiger partial charge in [-0.25, -0.2) is 9.97 Å². The maximum absolute atomic E-state index is 8.99. The topological polar surface area (TPSA) is 104 Å². The van der Waals surface area contributed by atoms with Gasteiger partial charge >= 0.3 is 0 Å². The van der Waals surface area contributed by atoms with E-state index in [0.717, 1.165) is 0 Å². The predicted molar refractivity (Wildman–Crippen MR) is 59.9 cm³/mol. The van der Waals surface area contributed by atoms with Gasteiger partial charge in [0.25, 0.3) is 0 Å². The van der Waals surface area contributed by atoms with Crippen LogP contribution < -0.4 is 5.73 Å². The van der Waals surface area contributed by atoms with Crippen LogP contribution in [0.4, 0.5) is 5.69 Å². The Morgan fingerprint density at radius 1 is 1.29 bits per heavy atom. The van der Waals surface area contributed by atoms with Crippen molar-refractivity contribution in [3.63, 3.8) is 0 Å². The molecule has 0 fully saturated rings. The molecule has 0 aliphatic carbocycles. The Balaban J connectivity index is 2.62. The van der Waals surface area contributed by atoms with Crippen LogP contribution in [0.25, 0.3) is 5.82 Å². The second kappa shape index (κ2) is 3.95. The maximum atomic E-state index is 8.99. The van der Waals surface area contributed by atoms with Crippen molar-refractivity contribution in [2.75, 3.05) is 5.73 Å². The first kappa shape index (κ1) is 10.7. The molecule has 17 heavy (non-hydrogen) atoms. The summed E-state index contributed by atoms with van der Waals surface area (Å²) in [5.41, 5.74) is 7.16. The van der Waals surface area contributed by atoms with Crippen molar-refractivity contribution in [3.8, 4) is 18.0 Å². The zero-order chi connectivity index (χ0) is 12.4. The predicted octanol–water partition coefficient (Wildman–Crippen LogP) is 0.901. The summed E-state index contributed by atoms with van der Waals surface area (Å²) in [5.74, 6) is 0.516. The van der Waals surface area contributed by atoms with Crippen LogP contribution in [0.15, 0.2) is 18.5 Å². The van der Waals surface area contributed by atoms with E-state index < -0.39 is 0 Å². The summed E-state index contributed by atoms with van der Waals surface area (Å²) in [4.78, 5) is 8.08. The van der Waals surface area contributed by atoms with Gasteiger partial charge in [-0.1, -0.05) is 0 Å². The number of anilines is 1. The summed E-state index contributed by atoms with van der Waals surface area (Å²) in [6.45, 7) is 1.77. The normalized spacial score (nSPS) is 9.59. The largest absolute Gasteiger partial charge is 0.397 e. The molecule has 2 rings (SSSR count). The second-order valence-electron chi connectivity index (χ2n) is 3.38. The van der Waals surface area contributed by atoms with Crippen LogP contribution in [-0.2, 0) is 0 Å². The van der Waals surface area contributed by atoms with Crippen molar-refractivity contribution in [1.82, 2.24) is 14.5 Å². The molecule has 0 aromatic carbocycles. The quantitative estimate of drug-likeness (QED) is 0.774. The van der Waals surface area contributed by atoms with Gasteiger partial charge in [-0.15, -0.1) is 0 Å². The van der Waals surface area contributed by atoms with Gasteiger partial charge < -0.3 is 5.73 Å². The van der Waals surface area contributed by atoms with E-state index in [0.29, 0.717) is 17.2 Å². The highest BCUT2D eigenvalue weighted by Gasteiger charge is 2.12. The van der Waals surface area contributed by atoms with Gasteiger partial charge in [-0.3, -0.25) is 4.57 Å². The first-order valence-electron chi connectivity index (χ1n) is 4.78. The number of aryl methyl sites for hydroxylation is 1. The Hall–Kier alpha value is -2.86. The molecule has 0 aliphatic rings. The Labute approximate surface area is 97.6 Å². The van der Waals surface area contributed by atoms with Gasteiger partial charge in [-0.2, -0.15) is 10.5 Å². The van der Waals surface area contributed by atoms with E-state index in [9.17, 15) is 0 Å². The highest BCUT2D eigenvalue weighted by molar-refractivity contribution is 5.48. The second-order valence-corrected chi connectivity index (χ2v) is 3.38. The van der Waals surface area contributed by atoms with Crippen LogP contribution in [0, 0.1) is 29.6 Å². The summed E-state index contributed by atoms with van der Waals surface area (Å²) in [5, 5.41) is 17.8. The smallest absolute Gasteiger partial charge is 0.177 e. The lowest BCUT2D eigenvalue weighted by Crippen LogP contribution is -2.02. The van der Waals surface area contributed by atoms with Crippen LogP contribution in [0.3, 0.4) is 0 Å². The number of nitrogens with zero attached hydrogens (tertiary/aromatic N) is 5. The van der Waals surface area contributed by atoms with Crippen LogP contribution in [0.1, 0.15) is 17.1 Å². The number of hydrogen-bond donors (Lipinski definition) is 1. The first-order valence-corrected chi connectivity index (χ1v) is 4.78. The number of nitrogen functional groups attached to an aromatic ring is 1. The molecule has 0 radical (unpaired) electrons. The van der Waals surface area contributed by atoms with E-state index in [1.165, 1.54) is 10.9 Å². The third kappa shape index (κ3) is 1.68. The molecule has 0 aliphatic heterocycles. The third-order valence-electron chi connectivity index (χ3n) is 2.34. The SMILES string of the molecule is Cc1nc(-n2cnc(C#N)c2C#N)ccc1N. The number of imidazole rings is 1. The Morgan fingerprint density at radius 2 is 2.06 bits per heavy atom. The molecule has 2 N–H and O–H groups in total. The van der Waals surface area contributed by atoms with Crippen molar-refractivity contribution < 1.29 is 0 Å². The molecule has 2 aromatic heterocycles. The molecule has 0 unspecified atom stereocenters. The standard InChI is InChI=1S/C11H8N6/c1-7-8(14)2-3-11(16-7)17-6-15-9(4-12)10(17)5-13/h2-3,6H,14H2,1H3. The minimum absolute atomic E-state index is 0.0868. The molecule has 0 saturated heterocycles. The molecule has 2 heterocycles. The van der Waals surface area contributed by atoms with Crippen molar-refractivity contribution in [2.45, 2.75) is 6.92 Å². The van der Waals surface area contributed by atoms with E-state index in [4.69, 9.17) is 16.3 Å². The number of nitrogens with two attached hydrogens (primary N) is 1. The maximum Gasteiger partial charge on any atom is 0.177 e.